The number of Topliss-reactive ketones (excluding diaryl/α,β-unsaturated/α-hetero) is 1. The lowest BCUT2D eigenvalue weighted by atomic mass is 9.85. The molecule has 15 heavy (non-hydrogen) atoms. The van der Waals surface area contributed by atoms with Crippen molar-refractivity contribution < 1.29 is 9.90 Å². The highest BCUT2D eigenvalue weighted by atomic mass is 16.3. The number of aliphatic hydroxyl groups is 1. The molecule has 1 fully saturated rings. The highest BCUT2D eigenvalue weighted by Gasteiger charge is 2.37. The Balaban J connectivity index is 2.20. The van der Waals surface area contributed by atoms with Gasteiger partial charge in [-0.05, 0) is 25.9 Å². The van der Waals surface area contributed by atoms with E-state index >= 15 is 0 Å². The van der Waals surface area contributed by atoms with Crippen LogP contribution in [0.3, 0.4) is 0 Å². The van der Waals surface area contributed by atoms with E-state index in [1.54, 1.807) is 12.1 Å². The van der Waals surface area contributed by atoms with Gasteiger partial charge < -0.3 is 10.4 Å². The van der Waals surface area contributed by atoms with Crippen LogP contribution >= 0.6 is 0 Å². The second kappa shape index (κ2) is 4.13. The van der Waals surface area contributed by atoms with E-state index in [0.29, 0.717) is 31.5 Å². The van der Waals surface area contributed by atoms with E-state index < -0.39 is 5.60 Å². The van der Waals surface area contributed by atoms with Crippen molar-refractivity contribution in [3.63, 3.8) is 0 Å². The minimum absolute atomic E-state index is 0.149. The zero-order chi connectivity index (χ0) is 10.7. The quantitative estimate of drug-likeness (QED) is 0.708. The topological polar surface area (TPSA) is 49.3 Å². The Morgan fingerprint density at radius 3 is 2.40 bits per heavy atom. The molecule has 0 spiro atoms. The molecule has 2 rings (SSSR count). The molecule has 1 aromatic carbocycles. The molecule has 0 unspecified atom stereocenters. The van der Waals surface area contributed by atoms with Crippen LogP contribution in [-0.4, -0.2) is 29.6 Å². The maximum atomic E-state index is 12.0. The smallest absolute Gasteiger partial charge is 0.194 e. The van der Waals surface area contributed by atoms with Gasteiger partial charge in [0.1, 0.15) is 5.60 Å². The fourth-order valence-electron chi connectivity index (χ4n) is 1.93. The van der Waals surface area contributed by atoms with Crippen LogP contribution in [0.25, 0.3) is 0 Å². The first kappa shape index (κ1) is 10.3. The van der Waals surface area contributed by atoms with Crippen LogP contribution in [0, 0.1) is 0 Å². The Labute approximate surface area is 89.1 Å². The van der Waals surface area contributed by atoms with Crippen molar-refractivity contribution in [1.29, 1.82) is 0 Å². The Morgan fingerprint density at radius 2 is 1.80 bits per heavy atom. The summed E-state index contributed by atoms with van der Waals surface area (Å²) in [6.45, 7) is 1.41. The molecule has 1 saturated heterocycles. The lowest BCUT2D eigenvalue weighted by molar-refractivity contribution is 0.0155. The highest BCUT2D eigenvalue weighted by molar-refractivity contribution is 6.02. The maximum Gasteiger partial charge on any atom is 0.194 e. The summed E-state index contributed by atoms with van der Waals surface area (Å²) in [6, 6.07) is 9.00. The molecule has 1 aliphatic rings. The zero-order valence-corrected chi connectivity index (χ0v) is 8.57. The van der Waals surface area contributed by atoms with Crippen molar-refractivity contribution in [1.82, 2.24) is 5.32 Å². The maximum absolute atomic E-state index is 12.0. The molecule has 0 amide bonds. The number of hydrogen-bond donors (Lipinski definition) is 2. The molecule has 0 aromatic heterocycles. The van der Waals surface area contributed by atoms with Crippen LogP contribution in [-0.2, 0) is 0 Å². The van der Waals surface area contributed by atoms with Crippen LogP contribution in [0.5, 0.6) is 0 Å². The van der Waals surface area contributed by atoms with Crippen LogP contribution in [0.2, 0.25) is 0 Å². The summed E-state index contributed by atoms with van der Waals surface area (Å²) in [7, 11) is 0. The molecule has 0 radical (unpaired) electrons. The van der Waals surface area contributed by atoms with Crippen molar-refractivity contribution >= 4 is 5.78 Å². The predicted octanol–water partition coefficient (Wildman–Crippen LogP) is 0.984. The van der Waals surface area contributed by atoms with Gasteiger partial charge in [0.15, 0.2) is 5.78 Å². The van der Waals surface area contributed by atoms with E-state index in [4.69, 9.17) is 0 Å². The average Bonchev–Trinajstić information content (AvgIpc) is 2.30. The lowest BCUT2D eigenvalue weighted by Gasteiger charge is -2.31. The second-order valence-electron chi connectivity index (χ2n) is 3.98. The van der Waals surface area contributed by atoms with E-state index in [-0.39, 0.29) is 5.78 Å². The molecule has 1 heterocycles. The summed E-state index contributed by atoms with van der Waals surface area (Å²) in [5.41, 5.74) is -0.561. The summed E-state index contributed by atoms with van der Waals surface area (Å²) in [5.74, 6) is -0.149. The average molecular weight is 205 g/mol. The highest BCUT2D eigenvalue weighted by Crippen LogP contribution is 2.23. The summed E-state index contributed by atoms with van der Waals surface area (Å²) >= 11 is 0. The Hall–Kier alpha value is -1.19. The van der Waals surface area contributed by atoms with Crippen LogP contribution < -0.4 is 5.32 Å². The zero-order valence-electron chi connectivity index (χ0n) is 8.57. The fourth-order valence-corrected chi connectivity index (χ4v) is 1.93. The standard InChI is InChI=1S/C12H15NO2/c14-11(10-4-2-1-3-5-10)12(15)6-8-13-9-7-12/h1-5,13,15H,6-9H2. The lowest BCUT2D eigenvalue weighted by Crippen LogP contribution is -2.47. The van der Waals surface area contributed by atoms with Gasteiger partial charge in [-0.25, -0.2) is 0 Å². The summed E-state index contributed by atoms with van der Waals surface area (Å²) in [6.07, 6.45) is 1.00. The number of nitrogens with one attached hydrogen (secondary N) is 1. The van der Waals surface area contributed by atoms with Gasteiger partial charge in [0, 0.05) is 5.56 Å². The van der Waals surface area contributed by atoms with Crippen LogP contribution in [0.15, 0.2) is 30.3 Å². The number of carbonyl (C=O) groups excluding carboxylic acids is 1. The van der Waals surface area contributed by atoms with Gasteiger partial charge in [0.2, 0.25) is 0 Å². The molecule has 0 atom stereocenters. The van der Waals surface area contributed by atoms with Crippen LogP contribution in [0.1, 0.15) is 23.2 Å². The van der Waals surface area contributed by atoms with E-state index in [1.807, 2.05) is 18.2 Å². The first-order chi connectivity index (χ1) is 7.22. The summed E-state index contributed by atoms with van der Waals surface area (Å²) < 4.78 is 0. The molecular weight excluding hydrogens is 190 g/mol. The Kier molecular flexibility index (Phi) is 2.84. The molecular formula is C12H15NO2. The minimum atomic E-state index is -1.16. The third-order valence-corrected chi connectivity index (χ3v) is 2.89. The first-order valence-corrected chi connectivity index (χ1v) is 5.25. The van der Waals surface area contributed by atoms with Crippen LogP contribution in [0.4, 0.5) is 0 Å². The molecule has 3 heteroatoms. The monoisotopic (exact) mass is 205 g/mol. The van der Waals surface area contributed by atoms with Crippen molar-refractivity contribution in [3.8, 4) is 0 Å². The molecule has 3 nitrogen and oxygen atoms in total. The molecule has 0 bridgehead atoms. The minimum Gasteiger partial charge on any atom is -0.382 e. The van der Waals surface area contributed by atoms with Crippen molar-refractivity contribution in [3.05, 3.63) is 35.9 Å². The van der Waals surface area contributed by atoms with Gasteiger partial charge >= 0.3 is 0 Å². The predicted molar refractivity (Wildman–Crippen MR) is 57.8 cm³/mol. The third kappa shape index (κ3) is 2.08. The number of benzene rings is 1. The SMILES string of the molecule is O=C(c1ccccc1)C1(O)CCNCC1. The van der Waals surface area contributed by atoms with Crippen molar-refractivity contribution in [2.24, 2.45) is 0 Å². The Bertz CT molecular complexity index is 342. The molecule has 0 saturated carbocycles. The number of hydrogen-bond acceptors (Lipinski definition) is 3. The van der Waals surface area contributed by atoms with Gasteiger partial charge in [0.05, 0.1) is 0 Å². The molecule has 1 aliphatic heterocycles. The number of rotatable bonds is 2. The largest absolute Gasteiger partial charge is 0.382 e. The van der Waals surface area contributed by atoms with E-state index in [0.717, 1.165) is 0 Å². The van der Waals surface area contributed by atoms with Gasteiger partial charge in [0.25, 0.3) is 0 Å². The Morgan fingerprint density at radius 1 is 1.20 bits per heavy atom. The third-order valence-electron chi connectivity index (χ3n) is 2.89. The number of piperidine rings is 1. The van der Waals surface area contributed by atoms with Gasteiger partial charge in [-0.3, -0.25) is 4.79 Å². The van der Waals surface area contributed by atoms with Gasteiger partial charge in [-0.15, -0.1) is 0 Å². The fraction of sp³-hybridized carbons (Fsp3) is 0.417. The summed E-state index contributed by atoms with van der Waals surface area (Å²) in [4.78, 5) is 12.0. The normalized spacial score (nSPS) is 19.8. The van der Waals surface area contributed by atoms with E-state index in [9.17, 15) is 9.90 Å². The molecule has 2 N–H and O–H groups in total. The number of carbonyl (C=O) groups is 1. The first-order valence-electron chi connectivity index (χ1n) is 5.25. The van der Waals surface area contributed by atoms with Gasteiger partial charge in [-0.2, -0.15) is 0 Å². The molecule has 80 valence electrons. The van der Waals surface area contributed by atoms with E-state index in [2.05, 4.69) is 5.32 Å². The molecule has 0 aliphatic carbocycles. The summed E-state index contributed by atoms with van der Waals surface area (Å²) in [5, 5.41) is 13.3. The molecule has 1 aromatic rings. The van der Waals surface area contributed by atoms with Crippen molar-refractivity contribution in [2.75, 3.05) is 13.1 Å². The van der Waals surface area contributed by atoms with Gasteiger partial charge in [-0.1, -0.05) is 30.3 Å². The van der Waals surface area contributed by atoms with E-state index in [1.165, 1.54) is 0 Å². The second-order valence-corrected chi connectivity index (χ2v) is 3.98. The van der Waals surface area contributed by atoms with Crippen molar-refractivity contribution in [2.45, 2.75) is 18.4 Å². The number of ketones is 1.